The monoisotopic (exact) mass is 349 g/mol. The maximum Gasteiger partial charge on any atom is 0.314 e. The van der Waals surface area contributed by atoms with Crippen LogP contribution in [0.25, 0.3) is 0 Å². The Bertz CT molecular complexity index is 912. The number of ether oxygens (including phenoxy) is 2. The van der Waals surface area contributed by atoms with E-state index in [2.05, 4.69) is 4.98 Å². The van der Waals surface area contributed by atoms with Gasteiger partial charge in [-0.3, -0.25) is 9.78 Å². The van der Waals surface area contributed by atoms with Gasteiger partial charge in [0, 0.05) is 12.3 Å². The highest BCUT2D eigenvalue weighted by Gasteiger charge is 2.45. The standard InChI is InChI=1S/C21H16FNO3/c22-15-8-6-14(7-9-15)19-12-20(19)21(24)26-17-4-1-3-16(11-17)25-18-5-2-10-23-13-18/h1-11,13,19-20H,12H2. The van der Waals surface area contributed by atoms with Crippen LogP contribution in [0.2, 0.25) is 0 Å². The van der Waals surface area contributed by atoms with E-state index in [1.54, 1.807) is 60.9 Å². The minimum atomic E-state index is -0.280. The lowest BCUT2D eigenvalue weighted by Crippen LogP contribution is -2.11. The Hall–Kier alpha value is -3.21. The molecule has 2 atom stereocenters. The van der Waals surface area contributed by atoms with E-state index < -0.39 is 0 Å². The van der Waals surface area contributed by atoms with Crippen molar-refractivity contribution in [3.63, 3.8) is 0 Å². The summed E-state index contributed by atoms with van der Waals surface area (Å²) in [5.74, 6) is 0.947. The summed E-state index contributed by atoms with van der Waals surface area (Å²) in [7, 11) is 0. The van der Waals surface area contributed by atoms with Gasteiger partial charge in [-0.25, -0.2) is 4.39 Å². The normalized spacial score (nSPS) is 18.2. The third kappa shape index (κ3) is 3.72. The number of hydrogen-bond donors (Lipinski definition) is 0. The molecular formula is C21H16FNO3. The summed E-state index contributed by atoms with van der Waals surface area (Å²) >= 11 is 0. The highest BCUT2D eigenvalue weighted by molar-refractivity contribution is 5.79. The lowest BCUT2D eigenvalue weighted by atomic mass is 10.1. The van der Waals surface area contributed by atoms with Crippen molar-refractivity contribution in [2.24, 2.45) is 5.92 Å². The largest absolute Gasteiger partial charge is 0.456 e. The van der Waals surface area contributed by atoms with Gasteiger partial charge >= 0.3 is 5.97 Å². The Balaban J connectivity index is 1.39. The predicted molar refractivity (Wildman–Crippen MR) is 93.6 cm³/mol. The number of hydrogen-bond acceptors (Lipinski definition) is 4. The molecule has 5 heteroatoms. The van der Waals surface area contributed by atoms with E-state index >= 15 is 0 Å². The highest BCUT2D eigenvalue weighted by Crippen LogP contribution is 2.48. The van der Waals surface area contributed by atoms with E-state index in [0.29, 0.717) is 17.2 Å². The molecule has 0 spiro atoms. The average Bonchev–Trinajstić information content (AvgIpc) is 3.44. The van der Waals surface area contributed by atoms with E-state index in [1.807, 2.05) is 0 Å². The van der Waals surface area contributed by atoms with Gasteiger partial charge < -0.3 is 9.47 Å². The molecule has 0 radical (unpaired) electrons. The summed E-state index contributed by atoms with van der Waals surface area (Å²) in [6.07, 6.45) is 3.99. The first-order valence-corrected chi connectivity index (χ1v) is 8.34. The van der Waals surface area contributed by atoms with Gasteiger partial charge in [-0.05, 0) is 54.3 Å². The first-order valence-electron chi connectivity index (χ1n) is 8.34. The van der Waals surface area contributed by atoms with Crippen molar-refractivity contribution in [2.45, 2.75) is 12.3 Å². The number of halogens is 1. The van der Waals surface area contributed by atoms with Crippen molar-refractivity contribution in [3.8, 4) is 17.2 Å². The Kier molecular flexibility index (Phi) is 4.35. The van der Waals surface area contributed by atoms with E-state index in [-0.39, 0.29) is 23.6 Å². The first-order chi connectivity index (χ1) is 12.7. The summed E-state index contributed by atoms with van der Waals surface area (Å²) in [4.78, 5) is 16.3. The van der Waals surface area contributed by atoms with E-state index in [1.165, 1.54) is 12.1 Å². The summed E-state index contributed by atoms with van der Waals surface area (Å²) in [5.41, 5.74) is 0.960. The zero-order valence-corrected chi connectivity index (χ0v) is 13.8. The molecule has 1 saturated carbocycles. The maximum absolute atomic E-state index is 13.0. The van der Waals surface area contributed by atoms with Crippen LogP contribution in [-0.4, -0.2) is 11.0 Å². The van der Waals surface area contributed by atoms with Gasteiger partial charge in [0.15, 0.2) is 0 Å². The van der Waals surface area contributed by atoms with E-state index in [4.69, 9.17) is 9.47 Å². The number of rotatable bonds is 5. The number of carbonyl (C=O) groups excluding carboxylic acids is 1. The molecule has 3 aromatic rings. The second kappa shape index (κ2) is 6.96. The van der Waals surface area contributed by atoms with Gasteiger partial charge in [-0.15, -0.1) is 0 Å². The molecule has 130 valence electrons. The van der Waals surface area contributed by atoms with Crippen LogP contribution in [0.5, 0.6) is 17.2 Å². The van der Waals surface area contributed by atoms with Crippen LogP contribution in [0, 0.1) is 11.7 Å². The number of esters is 1. The third-order valence-corrected chi connectivity index (χ3v) is 4.29. The summed E-state index contributed by atoms with van der Waals surface area (Å²) in [6, 6.07) is 16.8. The summed E-state index contributed by atoms with van der Waals surface area (Å²) in [5, 5.41) is 0. The molecule has 4 nitrogen and oxygen atoms in total. The maximum atomic E-state index is 13.0. The first kappa shape index (κ1) is 16.3. The van der Waals surface area contributed by atoms with E-state index in [9.17, 15) is 9.18 Å². The second-order valence-electron chi connectivity index (χ2n) is 6.19. The third-order valence-electron chi connectivity index (χ3n) is 4.29. The second-order valence-corrected chi connectivity index (χ2v) is 6.19. The Labute approximate surface area is 150 Å². The number of pyridine rings is 1. The van der Waals surface area contributed by atoms with Gasteiger partial charge in [0.25, 0.3) is 0 Å². The molecule has 0 saturated heterocycles. The molecule has 0 N–H and O–H groups in total. The van der Waals surface area contributed by atoms with Crippen LogP contribution in [-0.2, 0) is 4.79 Å². The molecule has 4 rings (SSSR count). The lowest BCUT2D eigenvalue weighted by molar-refractivity contribution is -0.135. The quantitative estimate of drug-likeness (QED) is 0.494. The number of benzene rings is 2. The van der Waals surface area contributed by atoms with Crippen LogP contribution >= 0.6 is 0 Å². The Morgan fingerprint density at radius 3 is 2.54 bits per heavy atom. The van der Waals surface area contributed by atoms with Crippen molar-refractivity contribution < 1.29 is 18.7 Å². The van der Waals surface area contributed by atoms with Crippen molar-refractivity contribution in [3.05, 3.63) is 84.4 Å². The van der Waals surface area contributed by atoms with Gasteiger partial charge in [0.2, 0.25) is 0 Å². The lowest BCUT2D eigenvalue weighted by Gasteiger charge is -2.08. The number of aromatic nitrogens is 1. The zero-order valence-electron chi connectivity index (χ0n) is 13.8. The molecule has 0 bridgehead atoms. The number of nitrogens with zero attached hydrogens (tertiary/aromatic N) is 1. The summed E-state index contributed by atoms with van der Waals surface area (Å²) in [6.45, 7) is 0. The average molecular weight is 349 g/mol. The molecule has 2 unspecified atom stereocenters. The fraction of sp³-hybridized carbons (Fsp3) is 0.143. The zero-order chi connectivity index (χ0) is 17.9. The van der Waals surface area contributed by atoms with E-state index in [0.717, 1.165) is 12.0 Å². The SMILES string of the molecule is O=C(Oc1cccc(Oc2cccnc2)c1)C1CC1c1ccc(F)cc1. The minimum absolute atomic E-state index is 0.0953. The fourth-order valence-corrected chi connectivity index (χ4v) is 2.87. The molecule has 0 amide bonds. The smallest absolute Gasteiger partial charge is 0.314 e. The van der Waals surface area contributed by atoms with Gasteiger partial charge in [-0.2, -0.15) is 0 Å². The van der Waals surface area contributed by atoms with Crippen molar-refractivity contribution in [1.29, 1.82) is 0 Å². The molecule has 1 heterocycles. The minimum Gasteiger partial charge on any atom is -0.456 e. The molecule has 0 aliphatic heterocycles. The molecule has 26 heavy (non-hydrogen) atoms. The van der Waals surface area contributed by atoms with Crippen LogP contribution in [0.1, 0.15) is 17.9 Å². The Morgan fingerprint density at radius 1 is 1.00 bits per heavy atom. The van der Waals surface area contributed by atoms with Gasteiger partial charge in [0.1, 0.15) is 23.1 Å². The van der Waals surface area contributed by atoms with Crippen LogP contribution in [0.3, 0.4) is 0 Å². The highest BCUT2D eigenvalue weighted by atomic mass is 19.1. The summed E-state index contributed by atoms with van der Waals surface area (Å²) < 4.78 is 24.2. The number of carbonyl (C=O) groups is 1. The van der Waals surface area contributed by atoms with Crippen molar-refractivity contribution in [2.75, 3.05) is 0 Å². The van der Waals surface area contributed by atoms with Crippen molar-refractivity contribution in [1.82, 2.24) is 4.98 Å². The van der Waals surface area contributed by atoms with Crippen molar-refractivity contribution >= 4 is 5.97 Å². The molecule has 2 aromatic carbocycles. The molecule has 1 aromatic heterocycles. The van der Waals surface area contributed by atoms with Crippen LogP contribution in [0.4, 0.5) is 4.39 Å². The topological polar surface area (TPSA) is 48.4 Å². The fourth-order valence-electron chi connectivity index (χ4n) is 2.87. The van der Waals surface area contributed by atoms with Crippen LogP contribution in [0.15, 0.2) is 73.1 Å². The van der Waals surface area contributed by atoms with Gasteiger partial charge in [-0.1, -0.05) is 18.2 Å². The predicted octanol–water partition coefficient (Wildman–Crippen LogP) is 4.72. The molecule has 1 aliphatic carbocycles. The van der Waals surface area contributed by atoms with Gasteiger partial charge in [0.05, 0.1) is 12.1 Å². The van der Waals surface area contributed by atoms with Crippen LogP contribution < -0.4 is 9.47 Å². The molecule has 1 aliphatic rings. The molecular weight excluding hydrogens is 333 g/mol. The molecule has 1 fully saturated rings. The Morgan fingerprint density at radius 2 is 1.77 bits per heavy atom.